The van der Waals surface area contributed by atoms with Crippen molar-refractivity contribution in [3.63, 3.8) is 0 Å². The molecule has 7 nitrogen and oxygen atoms in total. The van der Waals surface area contributed by atoms with Crippen LogP contribution < -0.4 is 5.73 Å². The fourth-order valence-electron chi connectivity index (χ4n) is 3.39. The number of pyridine rings is 2. The van der Waals surface area contributed by atoms with Crippen molar-refractivity contribution in [1.82, 2.24) is 25.0 Å². The second-order valence-electron chi connectivity index (χ2n) is 6.88. The Kier molecular flexibility index (Phi) is 4.17. The van der Waals surface area contributed by atoms with Gasteiger partial charge in [-0.2, -0.15) is 0 Å². The third-order valence-corrected chi connectivity index (χ3v) is 4.89. The van der Waals surface area contributed by atoms with Gasteiger partial charge in [-0.15, -0.1) is 5.10 Å². The lowest BCUT2D eigenvalue weighted by atomic mass is 10.1. The first kappa shape index (κ1) is 17.9. The summed E-state index contributed by atoms with van der Waals surface area (Å²) in [7, 11) is 0. The first-order chi connectivity index (χ1) is 14.6. The van der Waals surface area contributed by atoms with E-state index in [1.807, 2.05) is 24.3 Å². The molecule has 0 saturated carbocycles. The number of hydrogen-bond donors (Lipinski definition) is 1. The molecule has 0 saturated heterocycles. The third kappa shape index (κ3) is 3.14. The van der Waals surface area contributed by atoms with Crippen LogP contribution in [0.1, 0.15) is 15.9 Å². The number of nitrogens with zero attached hydrogens (tertiary/aromatic N) is 5. The van der Waals surface area contributed by atoms with E-state index < -0.39 is 11.7 Å². The van der Waals surface area contributed by atoms with E-state index in [1.165, 1.54) is 12.1 Å². The zero-order valence-corrected chi connectivity index (χ0v) is 15.7. The SMILES string of the molecule is NC(=O)c1cc(-c2ccc3nnn(Cc4ccc5ncccc5c4)c3n2)ccc1F. The molecule has 5 aromatic rings. The Labute approximate surface area is 170 Å². The minimum absolute atomic E-state index is 0.175. The lowest BCUT2D eigenvalue weighted by Gasteiger charge is -2.06. The molecular weight excluding hydrogens is 383 g/mol. The van der Waals surface area contributed by atoms with Gasteiger partial charge in [0.05, 0.1) is 23.3 Å². The lowest BCUT2D eigenvalue weighted by molar-refractivity contribution is 0.0996. The predicted molar refractivity (Wildman–Crippen MR) is 110 cm³/mol. The van der Waals surface area contributed by atoms with E-state index in [0.29, 0.717) is 29.0 Å². The monoisotopic (exact) mass is 398 g/mol. The van der Waals surface area contributed by atoms with E-state index in [2.05, 4.69) is 26.3 Å². The molecule has 0 fully saturated rings. The van der Waals surface area contributed by atoms with Crippen molar-refractivity contribution in [2.45, 2.75) is 6.54 Å². The van der Waals surface area contributed by atoms with Gasteiger partial charge in [0.2, 0.25) is 0 Å². The van der Waals surface area contributed by atoms with E-state index >= 15 is 0 Å². The Morgan fingerprint density at radius 2 is 1.90 bits per heavy atom. The zero-order chi connectivity index (χ0) is 20.7. The van der Waals surface area contributed by atoms with Gasteiger partial charge in [0, 0.05) is 17.1 Å². The number of nitrogens with two attached hydrogens (primary N) is 1. The Morgan fingerprint density at radius 1 is 1.03 bits per heavy atom. The van der Waals surface area contributed by atoms with Crippen molar-refractivity contribution in [3.8, 4) is 11.3 Å². The molecule has 30 heavy (non-hydrogen) atoms. The zero-order valence-electron chi connectivity index (χ0n) is 15.7. The van der Waals surface area contributed by atoms with Crippen molar-refractivity contribution < 1.29 is 9.18 Å². The van der Waals surface area contributed by atoms with E-state index in [1.54, 1.807) is 29.1 Å². The lowest BCUT2D eigenvalue weighted by Crippen LogP contribution is -2.13. The van der Waals surface area contributed by atoms with Crippen molar-refractivity contribution in [1.29, 1.82) is 0 Å². The Bertz CT molecular complexity index is 1430. The first-order valence-corrected chi connectivity index (χ1v) is 9.22. The van der Waals surface area contributed by atoms with Gasteiger partial charge in [0.15, 0.2) is 5.65 Å². The van der Waals surface area contributed by atoms with Gasteiger partial charge in [-0.25, -0.2) is 14.1 Å². The highest BCUT2D eigenvalue weighted by molar-refractivity contribution is 5.94. The molecule has 0 aliphatic heterocycles. The normalized spacial score (nSPS) is 11.2. The highest BCUT2D eigenvalue weighted by Gasteiger charge is 2.13. The molecule has 146 valence electrons. The fourth-order valence-corrected chi connectivity index (χ4v) is 3.39. The molecule has 3 aromatic heterocycles. The summed E-state index contributed by atoms with van der Waals surface area (Å²) in [5, 5.41) is 9.44. The first-order valence-electron chi connectivity index (χ1n) is 9.22. The largest absolute Gasteiger partial charge is 0.366 e. The molecule has 0 atom stereocenters. The van der Waals surface area contributed by atoms with E-state index in [4.69, 9.17) is 5.73 Å². The summed E-state index contributed by atoms with van der Waals surface area (Å²) in [5.41, 5.74) is 9.41. The number of fused-ring (bicyclic) bond motifs is 2. The van der Waals surface area contributed by atoms with Crippen molar-refractivity contribution in [2.75, 3.05) is 0 Å². The Hall–Kier alpha value is -4.20. The Morgan fingerprint density at radius 3 is 2.77 bits per heavy atom. The predicted octanol–water partition coefficient (Wildman–Crippen LogP) is 3.33. The van der Waals surface area contributed by atoms with Crippen molar-refractivity contribution in [3.05, 3.63) is 83.8 Å². The van der Waals surface area contributed by atoms with Gasteiger partial charge in [0.25, 0.3) is 5.91 Å². The summed E-state index contributed by atoms with van der Waals surface area (Å²) >= 11 is 0. The van der Waals surface area contributed by atoms with Gasteiger partial charge in [-0.05, 0) is 54.1 Å². The molecule has 0 radical (unpaired) electrons. The van der Waals surface area contributed by atoms with Crippen LogP contribution in [0.2, 0.25) is 0 Å². The second-order valence-corrected chi connectivity index (χ2v) is 6.88. The average molecular weight is 398 g/mol. The molecule has 0 spiro atoms. The molecule has 3 heterocycles. The van der Waals surface area contributed by atoms with Gasteiger partial charge in [-0.3, -0.25) is 9.78 Å². The smallest absolute Gasteiger partial charge is 0.251 e. The number of amides is 1. The molecule has 5 rings (SSSR count). The number of rotatable bonds is 4. The summed E-state index contributed by atoms with van der Waals surface area (Å²) < 4.78 is 15.5. The van der Waals surface area contributed by atoms with Crippen LogP contribution in [0.3, 0.4) is 0 Å². The van der Waals surface area contributed by atoms with Crippen LogP contribution in [0.5, 0.6) is 0 Å². The van der Waals surface area contributed by atoms with Crippen LogP contribution >= 0.6 is 0 Å². The molecule has 8 heteroatoms. The summed E-state index contributed by atoms with van der Waals surface area (Å²) in [6, 6.07) is 17.6. The third-order valence-electron chi connectivity index (χ3n) is 4.89. The number of halogens is 1. The number of aromatic nitrogens is 5. The van der Waals surface area contributed by atoms with Crippen LogP contribution in [0.4, 0.5) is 4.39 Å². The summed E-state index contributed by atoms with van der Waals surface area (Å²) in [6.45, 7) is 0.480. The average Bonchev–Trinajstić information content (AvgIpc) is 3.16. The van der Waals surface area contributed by atoms with Crippen LogP contribution in [0.15, 0.2) is 66.9 Å². The second kappa shape index (κ2) is 7.00. The molecular formula is C22H15FN6O. The number of benzene rings is 2. The molecule has 0 aliphatic rings. The maximum Gasteiger partial charge on any atom is 0.251 e. The highest BCUT2D eigenvalue weighted by Crippen LogP contribution is 2.23. The minimum atomic E-state index is -0.826. The molecule has 1 amide bonds. The summed E-state index contributed by atoms with van der Waals surface area (Å²) in [4.78, 5) is 20.4. The number of primary amides is 1. The van der Waals surface area contributed by atoms with Gasteiger partial charge < -0.3 is 5.73 Å². The molecule has 0 aliphatic carbocycles. The van der Waals surface area contributed by atoms with Crippen LogP contribution in [-0.2, 0) is 6.54 Å². The van der Waals surface area contributed by atoms with Crippen LogP contribution in [0, 0.1) is 5.82 Å². The maximum absolute atomic E-state index is 13.8. The summed E-state index contributed by atoms with van der Waals surface area (Å²) in [5.74, 6) is -1.49. The van der Waals surface area contributed by atoms with E-state index in [9.17, 15) is 9.18 Å². The Balaban J connectivity index is 1.54. The molecule has 0 unspecified atom stereocenters. The number of hydrogen-bond acceptors (Lipinski definition) is 5. The van der Waals surface area contributed by atoms with Gasteiger partial charge >= 0.3 is 0 Å². The van der Waals surface area contributed by atoms with E-state index in [0.717, 1.165) is 16.5 Å². The quantitative estimate of drug-likeness (QED) is 0.501. The van der Waals surface area contributed by atoms with Crippen molar-refractivity contribution in [2.24, 2.45) is 5.73 Å². The molecule has 2 N–H and O–H groups in total. The topological polar surface area (TPSA) is 99.6 Å². The standard InChI is InChI=1S/C22H15FN6O/c23-17-5-4-15(11-16(17)21(24)30)19-7-8-20-22(26-19)29(28-27-20)12-13-3-6-18-14(10-13)2-1-9-25-18/h1-11H,12H2,(H2,24,30). The molecule has 0 bridgehead atoms. The van der Waals surface area contributed by atoms with Gasteiger partial charge in [0.1, 0.15) is 11.3 Å². The van der Waals surface area contributed by atoms with E-state index in [-0.39, 0.29) is 5.56 Å². The number of carbonyl (C=O) groups excluding carboxylic acids is 1. The molecule has 2 aromatic carbocycles. The van der Waals surface area contributed by atoms with Crippen LogP contribution in [0.25, 0.3) is 33.3 Å². The van der Waals surface area contributed by atoms with Crippen LogP contribution in [-0.4, -0.2) is 30.9 Å². The van der Waals surface area contributed by atoms with Gasteiger partial charge in [-0.1, -0.05) is 17.3 Å². The van der Waals surface area contributed by atoms with Crippen molar-refractivity contribution >= 4 is 28.0 Å². The highest BCUT2D eigenvalue weighted by atomic mass is 19.1. The minimum Gasteiger partial charge on any atom is -0.366 e. The summed E-state index contributed by atoms with van der Waals surface area (Å²) in [6.07, 6.45) is 1.76. The number of carbonyl (C=O) groups is 1. The fraction of sp³-hybridized carbons (Fsp3) is 0.0455. The maximum atomic E-state index is 13.8.